The van der Waals surface area contributed by atoms with Gasteiger partial charge in [-0.3, -0.25) is 4.79 Å². The molecule has 1 aliphatic heterocycles. The van der Waals surface area contributed by atoms with Gasteiger partial charge in [0.25, 0.3) is 0 Å². The van der Waals surface area contributed by atoms with Gasteiger partial charge in [0.15, 0.2) is 15.7 Å². The lowest BCUT2D eigenvalue weighted by Gasteiger charge is -2.33. The number of carbonyl (C=O) groups excluding carboxylic acids is 1. The third-order valence-corrected chi connectivity index (χ3v) is 10.7. The van der Waals surface area contributed by atoms with Gasteiger partial charge in [0.1, 0.15) is 17.4 Å². The molecule has 0 spiro atoms. The Morgan fingerprint density at radius 3 is 2.34 bits per heavy atom. The Balaban J connectivity index is 1.43. The molecule has 4 rings (SSSR count). The number of anilines is 4. The minimum atomic E-state index is -3.56. The molecule has 2 heterocycles. The summed E-state index contributed by atoms with van der Waals surface area (Å²) in [5.41, 5.74) is 3.29. The number of likely N-dealkylation sites (tertiary alicyclic amines) is 1. The van der Waals surface area contributed by atoms with Crippen molar-refractivity contribution in [1.82, 2.24) is 14.9 Å². The first-order valence-electron chi connectivity index (χ1n) is 17.1. The highest BCUT2D eigenvalue weighted by Gasteiger charge is 2.27. The van der Waals surface area contributed by atoms with Crippen LogP contribution in [-0.2, 0) is 28.8 Å². The molecule has 12 nitrogen and oxygen atoms in total. The first-order chi connectivity index (χ1) is 23.9. The number of hydrogen-bond donors (Lipinski definition) is 2. The predicted octanol–water partition coefficient (Wildman–Crippen LogP) is 6.67. The van der Waals surface area contributed by atoms with Gasteiger partial charge in [-0.1, -0.05) is 23.7 Å². The topological polar surface area (TPSA) is 141 Å². The number of aryl methyl sites for hydroxylation is 1. The number of amides is 1. The quantitative estimate of drug-likeness (QED) is 0.136. The Morgan fingerprint density at radius 2 is 1.66 bits per heavy atom. The van der Waals surface area contributed by atoms with E-state index >= 15 is 0 Å². The SMILES string of the molecule is CCOCCOCCOCC(=O)N1CCC(c2cc(OC(C)C)c(Nc3ncc(Cl)c(Nc4ccccc4S(=O)(=O)C(C)C)n3)cc2C)CC1. The van der Waals surface area contributed by atoms with Gasteiger partial charge in [-0.05, 0) is 95.7 Å². The number of nitrogens with zero attached hydrogens (tertiary/aromatic N) is 3. The molecule has 2 aromatic carbocycles. The second-order valence-corrected chi connectivity index (χ2v) is 15.5. The first kappa shape index (κ1) is 39.3. The number of para-hydroxylation sites is 1. The van der Waals surface area contributed by atoms with Crippen LogP contribution in [0.3, 0.4) is 0 Å². The highest BCUT2D eigenvalue weighted by molar-refractivity contribution is 7.92. The van der Waals surface area contributed by atoms with E-state index in [1.54, 1.807) is 38.1 Å². The number of ether oxygens (including phenoxy) is 4. The average molecular weight is 732 g/mol. The number of rotatable bonds is 18. The van der Waals surface area contributed by atoms with Crippen molar-refractivity contribution in [2.45, 2.75) is 76.6 Å². The van der Waals surface area contributed by atoms with E-state index in [1.165, 1.54) is 11.8 Å². The van der Waals surface area contributed by atoms with Gasteiger partial charge in [0.2, 0.25) is 11.9 Å². The number of aromatic nitrogens is 2. The van der Waals surface area contributed by atoms with Crippen LogP contribution in [0.4, 0.5) is 23.1 Å². The molecule has 0 bridgehead atoms. The van der Waals surface area contributed by atoms with Crippen molar-refractivity contribution >= 4 is 50.5 Å². The summed E-state index contributed by atoms with van der Waals surface area (Å²) in [5.74, 6) is 1.41. The normalized spacial score (nSPS) is 14.0. The van der Waals surface area contributed by atoms with Crippen molar-refractivity contribution in [3.05, 3.63) is 58.7 Å². The van der Waals surface area contributed by atoms with Crippen LogP contribution >= 0.6 is 11.6 Å². The molecule has 0 radical (unpaired) electrons. The van der Waals surface area contributed by atoms with Crippen LogP contribution < -0.4 is 15.4 Å². The lowest BCUT2D eigenvalue weighted by Crippen LogP contribution is -2.40. The maximum Gasteiger partial charge on any atom is 0.248 e. The summed E-state index contributed by atoms with van der Waals surface area (Å²) >= 11 is 6.47. The van der Waals surface area contributed by atoms with E-state index in [1.807, 2.05) is 31.7 Å². The van der Waals surface area contributed by atoms with E-state index < -0.39 is 15.1 Å². The van der Waals surface area contributed by atoms with E-state index in [-0.39, 0.29) is 46.2 Å². The first-order valence-corrected chi connectivity index (χ1v) is 19.0. The average Bonchev–Trinajstić information content (AvgIpc) is 3.08. The second-order valence-electron chi connectivity index (χ2n) is 12.6. The highest BCUT2D eigenvalue weighted by atomic mass is 35.5. The van der Waals surface area contributed by atoms with Gasteiger partial charge in [0, 0.05) is 19.7 Å². The summed E-state index contributed by atoms with van der Waals surface area (Å²) in [6, 6.07) is 10.7. The molecule has 3 aromatic rings. The van der Waals surface area contributed by atoms with E-state index in [4.69, 9.17) is 30.5 Å². The van der Waals surface area contributed by atoms with E-state index in [0.29, 0.717) is 63.2 Å². The number of halogens is 1. The Bertz CT molecular complexity index is 1680. The zero-order chi connectivity index (χ0) is 36.3. The zero-order valence-electron chi connectivity index (χ0n) is 29.8. The van der Waals surface area contributed by atoms with Gasteiger partial charge < -0.3 is 34.5 Å². The summed E-state index contributed by atoms with van der Waals surface area (Å²) in [7, 11) is -3.56. The molecule has 0 unspecified atom stereocenters. The largest absolute Gasteiger partial charge is 0.489 e. The van der Waals surface area contributed by atoms with Crippen LogP contribution in [0.1, 0.15) is 64.5 Å². The lowest BCUT2D eigenvalue weighted by atomic mass is 9.86. The molecule has 50 heavy (non-hydrogen) atoms. The van der Waals surface area contributed by atoms with Crippen molar-refractivity contribution in [1.29, 1.82) is 0 Å². The van der Waals surface area contributed by atoms with Crippen LogP contribution in [-0.4, -0.2) is 93.3 Å². The van der Waals surface area contributed by atoms with Crippen LogP contribution in [0.2, 0.25) is 5.02 Å². The molecule has 1 aromatic heterocycles. The van der Waals surface area contributed by atoms with Crippen molar-refractivity contribution in [2.24, 2.45) is 0 Å². The summed E-state index contributed by atoms with van der Waals surface area (Å²) in [5, 5.41) is 6.01. The molecule has 14 heteroatoms. The molecule has 0 aliphatic carbocycles. The molecule has 1 fully saturated rings. The van der Waals surface area contributed by atoms with Crippen molar-refractivity contribution in [3.8, 4) is 5.75 Å². The minimum Gasteiger partial charge on any atom is -0.489 e. The maximum absolute atomic E-state index is 13.0. The van der Waals surface area contributed by atoms with Gasteiger partial charge in [0.05, 0.1) is 60.2 Å². The molecule has 1 saturated heterocycles. The summed E-state index contributed by atoms with van der Waals surface area (Å²) in [6.07, 6.45) is 3.01. The summed E-state index contributed by atoms with van der Waals surface area (Å²) in [6.45, 7) is 15.1. The van der Waals surface area contributed by atoms with Crippen molar-refractivity contribution in [2.75, 3.05) is 63.4 Å². The van der Waals surface area contributed by atoms with Gasteiger partial charge in [-0.15, -0.1) is 0 Å². The highest BCUT2D eigenvalue weighted by Crippen LogP contribution is 2.38. The lowest BCUT2D eigenvalue weighted by molar-refractivity contribution is -0.137. The summed E-state index contributed by atoms with van der Waals surface area (Å²) < 4.78 is 48.5. The molecule has 274 valence electrons. The van der Waals surface area contributed by atoms with E-state index in [9.17, 15) is 13.2 Å². The minimum absolute atomic E-state index is 0.0141. The fourth-order valence-electron chi connectivity index (χ4n) is 5.60. The Hall–Kier alpha value is -3.49. The fraction of sp³-hybridized carbons (Fsp3) is 0.528. The molecular formula is C36H50ClN5O7S. The molecule has 0 saturated carbocycles. The molecule has 1 aliphatic rings. The van der Waals surface area contributed by atoms with Gasteiger partial charge >= 0.3 is 0 Å². The Labute approximate surface area is 301 Å². The smallest absolute Gasteiger partial charge is 0.248 e. The molecule has 2 N–H and O–H groups in total. The Kier molecular flexibility index (Phi) is 14.7. The number of hydrogen-bond acceptors (Lipinski definition) is 11. The van der Waals surface area contributed by atoms with E-state index in [2.05, 4.69) is 33.6 Å². The van der Waals surface area contributed by atoms with Crippen molar-refractivity contribution < 1.29 is 32.2 Å². The third kappa shape index (κ3) is 10.8. The van der Waals surface area contributed by atoms with Gasteiger partial charge in [-0.2, -0.15) is 4.98 Å². The second kappa shape index (κ2) is 18.7. The predicted molar refractivity (Wildman–Crippen MR) is 196 cm³/mol. The number of piperidine rings is 1. The van der Waals surface area contributed by atoms with Crippen LogP contribution in [0.15, 0.2) is 47.5 Å². The van der Waals surface area contributed by atoms with Crippen LogP contribution in [0, 0.1) is 6.92 Å². The number of benzene rings is 2. The molecule has 1 amide bonds. The van der Waals surface area contributed by atoms with Crippen LogP contribution in [0.25, 0.3) is 0 Å². The molecule has 0 atom stereocenters. The number of carbonyl (C=O) groups is 1. The van der Waals surface area contributed by atoms with E-state index in [0.717, 1.165) is 18.4 Å². The van der Waals surface area contributed by atoms with Gasteiger partial charge in [-0.25, -0.2) is 13.4 Å². The number of sulfone groups is 1. The van der Waals surface area contributed by atoms with Crippen LogP contribution in [0.5, 0.6) is 5.75 Å². The number of nitrogens with one attached hydrogen (secondary N) is 2. The fourth-order valence-corrected chi connectivity index (χ4v) is 6.94. The maximum atomic E-state index is 13.0. The molecular weight excluding hydrogens is 682 g/mol. The van der Waals surface area contributed by atoms with Crippen molar-refractivity contribution in [3.63, 3.8) is 0 Å². The third-order valence-electron chi connectivity index (χ3n) is 8.25. The zero-order valence-corrected chi connectivity index (χ0v) is 31.4. The summed E-state index contributed by atoms with van der Waals surface area (Å²) in [4.78, 5) is 23.8. The standard InChI is InChI=1S/C36H50ClN5O7S/c1-7-46-16-17-47-18-19-48-23-34(43)42-14-12-27(13-15-42)28-21-32(49-24(2)3)31(20-26(28)6)40-36-38-22-29(37)35(41-36)39-30-10-8-9-11-33(30)50(44,45)25(4)5/h8-11,20-22,24-25,27H,7,12-19,23H2,1-6H3,(H2,38,39,40,41). The monoisotopic (exact) mass is 731 g/mol. The Morgan fingerprint density at radius 1 is 0.980 bits per heavy atom.